The van der Waals surface area contributed by atoms with E-state index in [1.165, 1.54) is 0 Å². The molecule has 5 heteroatoms. The van der Waals surface area contributed by atoms with E-state index in [2.05, 4.69) is 36.0 Å². The zero-order valence-electron chi connectivity index (χ0n) is 14.6. The second-order valence-electron chi connectivity index (χ2n) is 7.93. The maximum Gasteiger partial charge on any atom is 0.311 e. The number of likely N-dealkylation sites (tertiary alicyclic amines) is 1. The van der Waals surface area contributed by atoms with E-state index in [1.54, 1.807) is 7.05 Å². The molecule has 1 aliphatic heterocycles. The molecule has 1 rings (SSSR count). The molecule has 5 nitrogen and oxygen atoms in total. The zero-order chi connectivity index (χ0) is 16.3. The molecule has 1 aliphatic rings. The topological polar surface area (TPSA) is 53.9 Å². The Bertz CT molecular complexity index is 391. The van der Waals surface area contributed by atoms with E-state index in [-0.39, 0.29) is 17.3 Å². The van der Waals surface area contributed by atoms with Crippen molar-refractivity contribution in [2.24, 2.45) is 16.3 Å². The van der Waals surface area contributed by atoms with Crippen LogP contribution in [-0.2, 0) is 9.53 Å². The standard InChI is InChI=1S/C16H31N3O2/c1-15(2,3)11-18-14(17-7)19-9-8-12(10-19)13(20)21-16(4,5)6/h12H,8-11H2,1-7H3,(H,17,18). The second kappa shape index (κ2) is 6.67. The Kier molecular flexibility index (Phi) is 5.65. The van der Waals surface area contributed by atoms with E-state index in [0.717, 1.165) is 25.5 Å². The van der Waals surface area contributed by atoms with Crippen LogP contribution >= 0.6 is 0 Å². The first kappa shape index (κ1) is 17.8. The molecule has 1 unspecified atom stereocenters. The van der Waals surface area contributed by atoms with Crippen LogP contribution in [0, 0.1) is 11.3 Å². The molecule has 1 saturated heterocycles. The molecule has 1 atom stereocenters. The SMILES string of the molecule is CN=C(NCC(C)(C)C)N1CCC(C(=O)OC(C)(C)C)C1. The largest absolute Gasteiger partial charge is 0.460 e. The Morgan fingerprint density at radius 3 is 2.38 bits per heavy atom. The summed E-state index contributed by atoms with van der Waals surface area (Å²) in [5.41, 5.74) is -0.225. The monoisotopic (exact) mass is 297 g/mol. The van der Waals surface area contributed by atoms with Gasteiger partial charge in [0.2, 0.25) is 0 Å². The number of ether oxygens (including phenoxy) is 1. The molecule has 0 bridgehead atoms. The summed E-state index contributed by atoms with van der Waals surface area (Å²) in [6.07, 6.45) is 0.825. The number of aliphatic imine (C=N–C) groups is 1. The van der Waals surface area contributed by atoms with Crippen molar-refractivity contribution in [2.75, 3.05) is 26.7 Å². The molecule has 0 aliphatic carbocycles. The van der Waals surface area contributed by atoms with Crippen LogP contribution in [0.15, 0.2) is 4.99 Å². The number of nitrogens with zero attached hydrogens (tertiary/aromatic N) is 2. The quantitative estimate of drug-likeness (QED) is 0.482. The fraction of sp³-hybridized carbons (Fsp3) is 0.875. The second-order valence-corrected chi connectivity index (χ2v) is 7.93. The van der Waals surface area contributed by atoms with Crippen molar-refractivity contribution >= 4 is 11.9 Å². The predicted octanol–water partition coefficient (Wildman–Crippen LogP) is 2.27. The summed E-state index contributed by atoms with van der Waals surface area (Å²) in [4.78, 5) is 18.6. The van der Waals surface area contributed by atoms with Crippen molar-refractivity contribution in [2.45, 2.75) is 53.6 Å². The fourth-order valence-electron chi connectivity index (χ4n) is 2.21. The number of nitrogens with one attached hydrogen (secondary N) is 1. The van der Waals surface area contributed by atoms with Gasteiger partial charge < -0.3 is 15.0 Å². The molecule has 0 aromatic carbocycles. The average Bonchev–Trinajstić information content (AvgIpc) is 2.75. The number of guanidine groups is 1. The number of rotatable bonds is 2. The Balaban J connectivity index is 2.54. The molecule has 0 spiro atoms. The van der Waals surface area contributed by atoms with Crippen molar-refractivity contribution in [3.05, 3.63) is 0 Å². The van der Waals surface area contributed by atoms with Crippen molar-refractivity contribution in [1.29, 1.82) is 0 Å². The molecule has 0 saturated carbocycles. The Morgan fingerprint density at radius 2 is 1.90 bits per heavy atom. The minimum absolute atomic E-state index is 0.0580. The third-order valence-electron chi connectivity index (χ3n) is 3.22. The summed E-state index contributed by atoms with van der Waals surface area (Å²) < 4.78 is 5.47. The van der Waals surface area contributed by atoms with E-state index in [9.17, 15) is 4.79 Å². The van der Waals surface area contributed by atoms with Crippen LogP contribution in [-0.4, -0.2) is 49.1 Å². The molecule has 0 amide bonds. The highest BCUT2D eigenvalue weighted by molar-refractivity contribution is 5.82. The van der Waals surface area contributed by atoms with Gasteiger partial charge in [0.15, 0.2) is 5.96 Å². The Hall–Kier alpha value is -1.26. The van der Waals surface area contributed by atoms with Crippen LogP contribution < -0.4 is 5.32 Å². The number of carbonyl (C=O) groups is 1. The normalized spacial score (nSPS) is 20.6. The van der Waals surface area contributed by atoms with Gasteiger partial charge in [0.05, 0.1) is 5.92 Å². The summed E-state index contributed by atoms with van der Waals surface area (Å²) in [6.45, 7) is 14.6. The first-order valence-electron chi connectivity index (χ1n) is 7.70. The van der Waals surface area contributed by atoms with Gasteiger partial charge in [0, 0.05) is 26.7 Å². The third-order valence-corrected chi connectivity index (χ3v) is 3.22. The summed E-state index contributed by atoms with van der Waals surface area (Å²) in [5, 5.41) is 3.38. The molecular formula is C16H31N3O2. The number of hydrogen-bond acceptors (Lipinski definition) is 3. The number of hydrogen-bond donors (Lipinski definition) is 1. The van der Waals surface area contributed by atoms with E-state index in [4.69, 9.17) is 4.74 Å². The maximum atomic E-state index is 12.1. The Labute approximate surface area is 129 Å². The van der Waals surface area contributed by atoms with Crippen LogP contribution in [0.25, 0.3) is 0 Å². The van der Waals surface area contributed by atoms with Crippen molar-refractivity contribution in [3.8, 4) is 0 Å². The van der Waals surface area contributed by atoms with Crippen molar-refractivity contribution in [1.82, 2.24) is 10.2 Å². The zero-order valence-corrected chi connectivity index (χ0v) is 14.6. The molecule has 1 fully saturated rings. The minimum atomic E-state index is -0.420. The molecule has 21 heavy (non-hydrogen) atoms. The van der Waals surface area contributed by atoms with Gasteiger partial charge in [-0.25, -0.2) is 0 Å². The summed E-state index contributed by atoms with van der Waals surface area (Å²) in [6, 6.07) is 0. The first-order chi connectivity index (χ1) is 9.52. The van der Waals surface area contributed by atoms with Crippen molar-refractivity contribution in [3.63, 3.8) is 0 Å². The van der Waals surface area contributed by atoms with Gasteiger partial charge in [-0.1, -0.05) is 20.8 Å². The highest BCUT2D eigenvalue weighted by Crippen LogP contribution is 2.21. The lowest BCUT2D eigenvalue weighted by Gasteiger charge is -2.26. The molecule has 0 aromatic rings. The molecule has 1 N–H and O–H groups in total. The average molecular weight is 297 g/mol. The third kappa shape index (κ3) is 6.36. The number of esters is 1. The maximum absolute atomic E-state index is 12.1. The van der Waals surface area contributed by atoms with Gasteiger partial charge in [-0.05, 0) is 32.6 Å². The molecule has 122 valence electrons. The van der Waals surface area contributed by atoms with Gasteiger partial charge in [-0.2, -0.15) is 0 Å². The van der Waals surface area contributed by atoms with Crippen LogP contribution in [0.1, 0.15) is 48.0 Å². The van der Waals surface area contributed by atoms with Gasteiger partial charge >= 0.3 is 5.97 Å². The van der Waals surface area contributed by atoms with Crippen molar-refractivity contribution < 1.29 is 9.53 Å². The van der Waals surface area contributed by atoms with Gasteiger partial charge in [-0.15, -0.1) is 0 Å². The van der Waals surface area contributed by atoms with Crippen LogP contribution in [0.2, 0.25) is 0 Å². The van der Waals surface area contributed by atoms with E-state index >= 15 is 0 Å². The van der Waals surface area contributed by atoms with E-state index in [1.807, 2.05) is 20.8 Å². The highest BCUT2D eigenvalue weighted by atomic mass is 16.6. The Morgan fingerprint density at radius 1 is 1.29 bits per heavy atom. The predicted molar refractivity (Wildman–Crippen MR) is 86.3 cm³/mol. The smallest absolute Gasteiger partial charge is 0.311 e. The highest BCUT2D eigenvalue weighted by Gasteiger charge is 2.33. The summed E-state index contributed by atoms with van der Waals surface area (Å²) in [5.74, 6) is 0.713. The van der Waals surface area contributed by atoms with Crippen LogP contribution in [0.4, 0.5) is 0 Å². The lowest BCUT2D eigenvalue weighted by molar-refractivity contribution is -0.159. The van der Waals surface area contributed by atoms with Gasteiger partial charge in [-0.3, -0.25) is 9.79 Å². The van der Waals surface area contributed by atoms with Crippen LogP contribution in [0.3, 0.4) is 0 Å². The first-order valence-corrected chi connectivity index (χ1v) is 7.70. The lowest BCUT2D eigenvalue weighted by Crippen LogP contribution is -2.43. The molecule has 1 heterocycles. The van der Waals surface area contributed by atoms with Gasteiger partial charge in [0.25, 0.3) is 0 Å². The molecule has 0 radical (unpaired) electrons. The van der Waals surface area contributed by atoms with Crippen LogP contribution in [0.5, 0.6) is 0 Å². The minimum Gasteiger partial charge on any atom is -0.460 e. The number of carbonyl (C=O) groups excluding carboxylic acids is 1. The lowest BCUT2D eigenvalue weighted by atomic mass is 9.97. The van der Waals surface area contributed by atoms with E-state index in [0.29, 0.717) is 6.54 Å². The summed E-state index contributed by atoms with van der Waals surface area (Å²) >= 11 is 0. The van der Waals surface area contributed by atoms with Gasteiger partial charge in [0.1, 0.15) is 5.60 Å². The molecule has 0 aromatic heterocycles. The molecular weight excluding hydrogens is 266 g/mol. The fourth-order valence-corrected chi connectivity index (χ4v) is 2.21. The van der Waals surface area contributed by atoms with E-state index < -0.39 is 5.60 Å². The summed E-state index contributed by atoms with van der Waals surface area (Å²) in [7, 11) is 1.78.